The molecule has 1 nitrogen and oxygen atoms in total. The van der Waals surface area contributed by atoms with E-state index in [4.69, 9.17) is 0 Å². The Morgan fingerprint density at radius 1 is 1.15 bits per heavy atom. The van der Waals surface area contributed by atoms with Gasteiger partial charge in [0.05, 0.1) is 0 Å². The van der Waals surface area contributed by atoms with Crippen LogP contribution < -0.4 is 0 Å². The summed E-state index contributed by atoms with van der Waals surface area (Å²) >= 11 is 0. The first kappa shape index (κ1) is 8.49. The molecule has 1 aliphatic rings. The summed E-state index contributed by atoms with van der Waals surface area (Å²) in [5.74, 6) is 0.751. The molecule has 0 bridgehead atoms. The molecule has 1 fully saturated rings. The maximum atomic E-state index is 10.8. The number of carbonyl (C=O) groups is 1. The van der Waals surface area contributed by atoms with E-state index in [-0.39, 0.29) is 5.92 Å². The first-order valence-electron chi connectivity index (χ1n) is 4.92. The third-order valence-electron chi connectivity index (χ3n) is 2.97. The van der Waals surface area contributed by atoms with E-state index in [9.17, 15) is 4.79 Å². The van der Waals surface area contributed by atoms with Crippen LogP contribution in [0.15, 0.2) is 30.3 Å². The van der Waals surface area contributed by atoms with E-state index >= 15 is 0 Å². The fourth-order valence-electron chi connectivity index (χ4n) is 2.27. The second kappa shape index (κ2) is 3.73. The Morgan fingerprint density at radius 2 is 1.92 bits per heavy atom. The molecule has 0 spiro atoms. The molecule has 1 aliphatic carbocycles. The molecule has 13 heavy (non-hydrogen) atoms. The molecule has 0 amide bonds. The van der Waals surface area contributed by atoms with Crippen LogP contribution in [0.25, 0.3) is 0 Å². The average Bonchev–Trinajstić information content (AvgIpc) is 2.67. The van der Waals surface area contributed by atoms with Crippen molar-refractivity contribution >= 4 is 6.29 Å². The van der Waals surface area contributed by atoms with Crippen LogP contribution in [0.4, 0.5) is 0 Å². The zero-order chi connectivity index (χ0) is 9.10. The standard InChI is InChI=1S/C12H14O/c13-9-11-7-4-8-12(11)10-5-2-1-3-6-10/h1-3,5-6,9,11-12H,4,7-8H2. The summed E-state index contributed by atoms with van der Waals surface area (Å²) in [6, 6.07) is 10.4. The molecule has 2 rings (SSSR count). The van der Waals surface area contributed by atoms with Gasteiger partial charge in [0.2, 0.25) is 0 Å². The number of aldehydes is 1. The molecular formula is C12H14O. The Hall–Kier alpha value is -1.11. The van der Waals surface area contributed by atoms with Crippen LogP contribution in [0, 0.1) is 5.92 Å². The van der Waals surface area contributed by atoms with Crippen LogP contribution in [0.5, 0.6) is 0 Å². The molecular weight excluding hydrogens is 160 g/mol. The van der Waals surface area contributed by atoms with Crippen molar-refractivity contribution in [3.8, 4) is 0 Å². The van der Waals surface area contributed by atoms with Gasteiger partial charge in [0.15, 0.2) is 0 Å². The fourth-order valence-corrected chi connectivity index (χ4v) is 2.27. The summed E-state index contributed by atoms with van der Waals surface area (Å²) < 4.78 is 0. The van der Waals surface area contributed by atoms with Gasteiger partial charge in [0.1, 0.15) is 6.29 Å². The van der Waals surface area contributed by atoms with Crippen LogP contribution in [-0.2, 0) is 4.79 Å². The predicted molar refractivity (Wildman–Crippen MR) is 52.6 cm³/mol. The number of rotatable bonds is 2. The highest BCUT2D eigenvalue weighted by Crippen LogP contribution is 2.37. The fraction of sp³-hybridized carbons (Fsp3) is 0.417. The lowest BCUT2D eigenvalue weighted by Gasteiger charge is -2.13. The molecule has 68 valence electrons. The number of carbonyl (C=O) groups excluding carboxylic acids is 1. The van der Waals surface area contributed by atoms with Gasteiger partial charge in [0.25, 0.3) is 0 Å². The smallest absolute Gasteiger partial charge is 0.123 e. The molecule has 0 aliphatic heterocycles. The van der Waals surface area contributed by atoms with Gasteiger partial charge < -0.3 is 4.79 Å². The monoisotopic (exact) mass is 174 g/mol. The second-order valence-electron chi connectivity index (χ2n) is 3.75. The highest BCUT2D eigenvalue weighted by molar-refractivity contribution is 5.56. The van der Waals surface area contributed by atoms with Gasteiger partial charge in [-0.05, 0) is 24.3 Å². The highest BCUT2D eigenvalue weighted by atomic mass is 16.1. The molecule has 1 saturated carbocycles. The van der Waals surface area contributed by atoms with Gasteiger partial charge in [-0.2, -0.15) is 0 Å². The van der Waals surface area contributed by atoms with Crippen molar-refractivity contribution < 1.29 is 4.79 Å². The van der Waals surface area contributed by atoms with E-state index in [1.165, 1.54) is 18.4 Å². The molecule has 0 heterocycles. The largest absolute Gasteiger partial charge is 0.303 e. The van der Waals surface area contributed by atoms with Gasteiger partial charge in [-0.1, -0.05) is 36.8 Å². The Labute approximate surface area is 78.8 Å². The van der Waals surface area contributed by atoms with Crippen molar-refractivity contribution in [3.05, 3.63) is 35.9 Å². The first-order chi connectivity index (χ1) is 6.42. The third-order valence-corrected chi connectivity index (χ3v) is 2.97. The third kappa shape index (κ3) is 1.64. The average molecular weight is 174 g/mol. The van der Waals surface area contributed by atoms with Crippen molar-refractivity contribution in [2.75, 3.05) is 0 Å². The van der Waals surface area contributed by atoms with Crippen molar-refractivity contribution in [3.63, 3.8) is 0 Å². The Balaban J connectivity index is 2.21. The molecule has 0 N–H and O–H groups in total. The van der Waals surface area contributed by atoms with Crippen LogP contribution in [0.3, 0.4) is 0 Å². The molecule has 2 atom stereocenters. The quantitative estimate of drug-likeness (QED) is 0.630. The number of benzene rings is 1. The Bertz CT molecular complexity index is 278. The van der Waals surface area contributed by atoms with Crippen LogP contribution in [0.2, 0.25) is 0 Å². The molecule has 1 heteroatoms. The maximum Gasteiger partial charge on any atom is 0.123 e. The van der Waals surface area contributed by atoms with Crippen LogP contribution in [-0.4, -0.2) is 6.29 Å². The minimum Gasteiger partial charge on any atom is -0.303 e. The lowest BCUT2D eigenvalue weighted by molar-refractivity contribution is -0.111. The summed E-state index contributed by atoms with van der Waals surface area (Å²) in [6.45, 7) is 0. The van der Waals surface area contributed by atoms with Crippen molar-refractivity contribution in [2.45, 2.75) is 25.2 Å². The minimum absolute atomic E-state index is 0.266. The SMILES string of the molecule is O=CC1CCCC1c1ccccc1. The van der Waals surface area contributed by atoms with Crippen molar-refractivity contribution in [2.24, 2.45) is 5.92 Å². The topological polar surface area (TPSA) is 17.1 Å². The highest BCUT2D eigenvalue weighted by Gasteiger charge is 2.27. The normalized spacial score (nSPS) is 27.4. The van der Waals surface area contributed by atoms with Crippen LogP contribution in [0.1, 0.15) is 30.7 Å². The first-order valence-corrected chi connectivity index (χ1v) is 4.92. The molecule has 0 radical (unpaired) electrons. The van der Waals surface area contributed by atoms with Crippen molar-refractivity contribution in [1.29, 1.82) is 0 Å². The summed E-state index contributed by atoms with van der Waals surface area (Å²) in [5, 5.41) is 0. The van der Waals surface area contributed by atoms with Gasteiger partial charge in [-0.15, -0.1) is 0 Å². The van der Waals surface area contributed by atoms with E-state index in [1.807, 2.05) is 6.07 Å². The number of hydrogen-bond donors (Lipinski definition) is 0. The lowest BCUT2D eigenvalue weighted by Crippen LogP contribution is -2.06. The molecule has 1 aromatic rings. The Kier molecular flexibility index (Phi) is 2.44. The zero-order valence-electron chi connectivity index (χ0n) is 7.65. The van der Waals surface area contributed by atoms with Gasteiger partial charge in [-0.3, -0.25) is 0 Å². The summed E-state index contributed by atoms with van der Waals surface area (Å²) in [4.78, 5) is 10.8. The van der Waals surface area contributed by atoms with Gasteiger partial charge in [0, 0.05) is 5.92 Å². The van der Waals surface area contributed by atoms with E-state index in [1.54, 1.807) is 0 Å². The van der Waals surface area contributed by atoms with E-state index in [0.29, 0.717) is 5.92 Å². The number of hydrogen-bond acceptors (Lipinski definition) is 1. The summed E-state index contributed by atoms with van der Waals surface area (Å²) in [5.41, 5.74) is 1.33. The minimum atomic E-state index is 0.266. The molecule has 1 aromatic carbocycles. The van der Waals surface area contributed by atoms with E-state index in [2.05, 4.69) is 24.3 Å². The molecule has 2 unspecified atom stereocenters. The Morgan fingerprint density at radius 3 is 2.62 bits per heavy atom. The second-order valence-corrected chi connectivity index (χ2v) is 3.75. The summed E-state index contributed by atoms with van der Waals surface area (Å²) in [6.07, 6.45) is 4.57. The van der Waals surface area contributed by atoms with Crippen LogP contribution >= 0.6 is 0 Å². The molecule has 0 saturated heterocycles. The van der Waals surface area contributed by atoms with Crippen molar-refractivity contribution in [1.82, 2.24) is 0 Å². The van der Waals surface area contributed by atoms with Gasteiger partial charge >= 0.3 is 0 Å². The molecule has 0 aromatic heterocycles. The maximum absolute atomic E-state index is 10.8. The lowest BCUT2D eigenvalue weighted by atomic mass is 9.90. The summed E-state index contributed by atoms with van der Waals surface area (Å²) in [7, 11) is 0. The zero-order valence-corrected chi connectivity index (χ0v) is 7.65. The predicted octanol–water partition coefficient (Wildman–Crippen LogP) is 2.77. The van der Waals surface area contributed by atoms with E-state index < -0.39 is 0 Å². The van der Waals surface area contributed by atoms with Gasteiger partial charge in [-0.25, -0.2) is 0 Å². The van der Waals surface area contributed by atoms with E-state index in [0.717, 1.165) is 12.7 Å².